The average Bonchev–Trinajstić information content (AvgIpc) is 3.12. The lowest BCUT2D eigenvalue weighted by Gasteiger charge is -2.48. The summed E-state index contributed by atoms with van der Waals surface area (Å²) in [6, 6.07) is 0.0694. The van der Waals surface area contributed by atoms with Gasteiger partial charge in [0.1, 0.15) is 0 Å². The second-order valence-electron chi connectivity index (χ2n) is 6.01. The molecule has 0 spiro atoms. The summed E-state index contributed by atoms with van der Waals surface area (Å²) in [5.41, 5.74) is 4.29. The number of aromatic nitrogens is 2. The minimum atomic E-state index is 0.0643. The van der Waals surface area contributed by atoms with Crippen molar-refractivity contribution in [2.45, 2.75) is 37.3 Å². The number of hydrazine groups is 1. The molecule has 21 heavy (non-hydrogen) atoms. The van der Waals surface area contributed by atoms with Crippen molar-refractivity contribution in [2.75, 3.05) is 26.3 Å². The number of hydrogen-bond donors (Lipinski definition) is 2. The van der Waals surface area contributed by atoms with Crippen LogP contribution in [0.2, 0.25) is 0 Å². The molecule has 0 aromatic carbocycles. The molecule has 1 atom stereocenters. The number of morpholine rings is 1. The fraction of sp³-hybridized carbons (Fsp3) is 0.786. The summed E-state index contributed by atoms with van der Waals surface area (Å²) in [5, 5.41) is 4.36. The molecule has 1 aromatic heterocycles. The second kappa shape index (κ2) is 6.34. The third-order valence-electron chi connectivity index (χ3n) is 5.03. The number of halogens is 1. The second-order valence-corrected chi connectivity index (χ2v) is 6.87. The molecule has 3 rings (SSSR count). The van der Waals surface area contributed by atoms with E-state index in [1.165, 1.54) is 25.7 Å². The largest absolute Gasteiger partial charge is 0.379 e. The highest BCUT2D eigenvalue weighted by atomic mass is 79.9. The van der Waals surface area contributed by atoms with Crippen LogP contribution in [0, 0.1) is 0 Å². The molecule has 2 aliphatic rings. The van der Waals surface area contributed by atoms with Gasteiger partial charge in [0.25, 0.3) is 0 Å². The van der Waals surface area contributed by atoms with E-state index >= 15 is 0 Å². The highest BCUT2D eigenvalue weighted by Crippen LogP contribution is 2.45. The molecule has 1 saturated heterocycles. The number of ether oxygens (including phenoxy) is 1. The number of nitrogens with one attached hydrogen (secondary N) is 1. The molecule has 2 fully saturated rings. The van der Waals surface area contributed by atoms with Crippen LogP contribution in [0.25, 0.3) is 0 Å². The first kappa shape index (κ1) is 15.4. The molecule has 2 heterocycles. The maximum atomic E-state index is 6.00. The summed E-state index contributed by atoms with van der Waals surface area (Å²) >= 11 is 3.63. The monoisotopic (exact) mass is 357 g/mol. The van der Waals surface area contributed by atoms with Gasteiger partial charge < -0.3 is 4.74 Å². The van der Waals surface area contributed by atoms with Crippen LogP contribution in [0.5, 0.6) is 0 Å². The zero-order valence-corrected chi connectivity index (χ0v) is 14.1. The van der Waals surface area contributed by atoms with E-state index in [9.17, 15) is 0 Å². The lowest BCUT2D eigenvalue weighted by Crippen LogP contribution is -2.59. The minimum absolute atomic E-state index is 0.0643. The highest BCUT2D eigenvalue weighted by Gasteiger charge is 2.48. The first-order valence-corrected chi connectivity index (χ1v) is 8.44. The third-order valence-corrected chi connectivity index (χ3v) is 5.64. The predicted octanol–water partition coefficient (Wildman–Crippen LogP) is 1.33. The summed E-state index contributed by atoms with van der Waals surface area (Å²) in [7, 11) is 1.98. The van der Waals surface area contributed by atoms with Crippen LogP contribution in [-0.2, 0) is 11.8 Å². The molecular formula is C14H24BrN5O. The average molecular weight is 358 g/mol. The van der Waals surface area contributed by atoms with Crippen molar-refractivity contribution in [1.29, 1.82) is 0 Å². The first-order chi connectivity index (χ1) is 10.2. The summed E-state index contributed by atoms with van der Waals surface area (Å²) in [4.78, 5) is 2.58. The van der Waals surface area contributed by atoms with Gasteiger partial charge in [0, 0.05) is 25.7 Å². The number of rotatable bonds is 4. The van der Waals surface area contributed by atoms with Crippen LogP contribution >= 0.6 is 15.9 Å². The summed E-state index contributed by atoms with van der Waals surface area (Å²) < 4.78 is 8.48. The Hall–Kier alpha value is -0.470. The van der Waals surface area contributed by atoms with Crippen molar-refractivity contribution in [3.8, 4) is 0 Å². The fourth-order valence-electron chi connectivity index (χ4n) is 4.02. The number of nitrogens with zero attached hydrogens (tertiary/aromatic N) is 3. The Morgan fingerprint density at radius 3 is 2.57 bits per heavy atom. The lowest BCUT2D eigenvalue weighted by molar-refractivity contribution is -0.0375. The van der Waals surface area contributed by atoms with Gasteiger partial charge in [-0.3, -0.25) is 15.4 Å². The van der Waals surface area contributed by atoms with E-state index in [0.717, 1.165) is 36.5 Å². The van der Waals surface area contributed by atoms with E-state index in [2.05, 4.69) is 31.4 Å². The van der Waals surface area contributed by atoms with Crippen LogP contribution in [0.4, 0.5) is 0 Å². The third kappa shape index (κ3) is 2.66. The van der Waals surface area contributed by atoms with Gasteiger partial charge in [-0.05, 0) is 28.8 Å². The zero-order chi connectivity index (χ0) is 14.9. The van der Waals surface area contributed by atoms with Crippen LogP contribution in [-0.4, -0.2) is 46.5 Å². The van der Waals surface area contributed by atoms with Gasteiger partial charge in [-0.25, -0.2) is 5.43 Å². The Balaban J connectivity index is 1.98. The zero-order valence-electron chi connectivity index (χ0n) is 12.5. The first-order valence-electron chi connectivity index (χ1n) is 7.65. The van der Waals surface area contributed by atoms with Crippen molar-refractivity contribution in [2.24, 2.45) is 12.9 Å². The summed E-state index contributed by atoms with van der Waals surface area (Å²) in [5.74, 6) is 6.00. The molecule has 1 saturated carbocycles. The Bertz CT molecular complexity index is 460. The maximum absolute atomic E-state index is 6.00. The van der Waals surface area contributed by atoms with E-state index in [4.69, 9.17) is 10.6 Å². The van der Waals surface area contributed by atoms with Gasteiger partial charge in [0.05, 0.1) is 35.6 Å². The Morgan fingerprint density at radius 1 is 1.38 bits per heavy atom. The normalized spacial score (nSPS) is 24.3. The SMILES string of the molecule is Cn1ncc(Br)c1C(NN)C1(N2CCOCC2)CCCC1. The summed E-state index contributed by atoms with van der Waals surface area (Å²) in [6.07, 6.45) is 6.69. The molecule has 0 bridgehead atoms. The van der Waals surface area contributed by atoms with Gasteiger partial charge >= 0.3 is 0 Å². The van der Waals surface area contributed by atoms with Crippen LogP contribution in [0.1, 0.15) is 37.4 Å². The molecule has 118 valence electrons. The van der Waals surface area contributed by atoms with Crippen LogP contribution < -0.4 is 11.3 Å². The molecule has 1 unspecified atom stereocenters. The van der Waals surface area contributed by atoms with E-state index < -0.39 is 0 Å². The van der Waals surface area contributed by atoms with Crippen molar-refractivity contribution >= 4 is 15.9 Å². The Kier molecular flexibility index (Phi) is 4.66. The van der Waals surface area contributed by atoms with E-state index in [-0.39, 0.29) is 11.6 Å². The smallest absolute Gasteiger partial charge is 0.0823 e. The molecule has 3 N–H and O–H groups in total. The highest BCUT2D eigenvalue weighted by molar-refractivity contribution is 9.10. The standard InChI is InChI=1S/C14H24BrN5O/c1-19-12(11(15)10-17-19)13(18-16)14(4-2-3-5-14)20-6-8-21-9-7-20/h10,13,18H,2-9,16H2,1H3. The van der Waals surface area contributed by atoms with Crippen molar-refractivity contribution < 1.29 is 4.74 Å². The van der Waals surface area contributed by atoms with Gasteiger partial charge in [-0.2, -0.15) is 5.10 Å². The Labute approximate surface area is 134 Å². The lowest BCUT2D eigenvalue weighted by atomic mass is 9.84. The number of hydrogen-bond acceptors (Lipinski definition) is 5. The van der Waals surface area contributed by atoms with Crippen molar-refractivity contribution in [3.05, 3.63) is 16.4 Å². The molecule has 7 heteroatoms. The quantitative estimate of drug-likeness (QED) is 0.628. The fourth-order valence-corrected chi connectivity index (χ4v) is 4.59. The van der Waals surface area contributed by atoms with E-state index in [1.54, 1.807) is 0 Å². The molecule has 1 aliphatic carbocycles. The van der Waals surface area contributed by atoms with Crippen molar-refractivity contribution in [1.82, 2.24) is 20.1 Å². The van der Waals surface area contributed by atoms with Gasteiger partial charge in [0.15, 0.2) is 0 Å². The topological polar surface area (TPSA) is 68.3 Å². The Morgan fingerprint density at radius 2 is 2.05 bits per heavy atom. The van der Waals surface area contributed by atoms with E-state index in [1.807, 2.05) is 17.9 Å². The van der Waals surface area contributed by atoms with Crippen LogP contribution in [0.3, 0.4) is 0 Å². The molecule has 0 radical (unpaired) electrons. The van der Waals surface area contributed by atoms with Gasteiger partial charge in [0.2, 0.25) is 0 Å². The number of nitrogens with two attached hydrogens (primary N) is 1. The molecule has 1 aliphatic heterocycles. The van der Waals surface area contributed by atoms with Crippen molar-refractivity contribution in [3.63, 3.8) is 0 Å². The predicted molar refractivity (Wildman–Crippen MR) is 84.6 cm³/mol. The molecule has 0 amide bonds. The van der Waals surface area contributed by atoms with Gasteiger partial charge in [-0.15, -0.1) is 0 Å². The molecule has 1 aromatic rings. The van der Waals surface area contributed by atoms with Gasteiger partial charge in [-0.1, -0.05) is 12.8 Å². The van der Waals surface area contributed by atoms with E-state index in [0.29, 0.717) is 0 Å². The molecular weight excluding hydrogens is 334 g/mol. The summed E-state index contributed by atoms with van der Waals surface area (Å²) in [6.45, 7) is 3.58. The number of aryl methyl sites for hydroxylation is 1. The van der Waals surface area contributed by atoms with Crippen LogP contribution in [0.15, 0.2) is 10.7 Å². The molecule has 6 nitrogen and oxygen atoms in total. The maximum Gasteiger partial charge on any atom is 0.0823 e. The minimum Gasteiger partial charge on any atom is -0.379 e.